The van der Waals surface area contributed by atoms with Crippen molar-refractivity contribution < 1.29 is 8.42 Å². The summed E-state index contributed by atoms with van der Waals surface area (Å²) in [5.41, 5.74) is 1.24. The molecule has 0 saturated carbocycles. The summed E-state index contributed by atoms with van der Waals surface area (Å²) >= 11 is 3.41. The highest BCUT2D eigenvalue weighted by atomic mass is 79.9. The van der Waals surface area contributed by atoms with Gasteiger partial charge < -0.3 is 0 Å². The van der Waals surface area contributed by atoms with E-state index in [0.29, 0.717) is 23.4 Å². The smallest absolute Gasteiger partial charge is 0.207 e. The first-order valence-corrected chi connectivity index (χ1v) is 9.28. The Hall–Kier alpha value is -0.390. The molecular formula is C15H22BrNO2S. The van der Waals surface area contributed by atoms with Gasteiger partial charge in [0.2, 0.25) is 10.0 Å². The molecule has 1 aromatic rings. The molecule has 1 aliphatic rings. The zero-order valence-electron chi connectivity index (χ0n) is 12.3. The molecule has 0 unspecified atom stereocenters. The number of sulfonamides is 1. The van der Waals surface area contributed by atoms with Crippen LogP contribution < -0.4 is 0 Å². The summed E-state index contributed by atoms with van der Waals surface area (Å²) < 4.78 is 27.9. The topological polar surface area (TPSA) is 37.4 Å². The standard InChI is InChI=1S/C15H22BrNO2S/c1-4-15(3)7-9-17(10-8-15)20(18,19)13-5-6-14(16)12(2)11-13/h5-6,11H,4,7-10H2,1-3H3. The molecule has 1 fully saturated rings. The van der Waals surface area contributed by atoms with E-state index in [4.69, 9.17) is 0 Å². The van der Waals surface area contributed by atoms with Crippen LogP contribution in [0.15, 0.2) is 27.6 Å². The third-order valence-corrected chi connectivity index (χ3v) is 7.33. The Balaban J connectivity index is 2.22. The highest BCUT2D eigenvalue weighted by molar-refractivity contribution is 9.10. The largest absolute Gasteiger partial charge is 0.243 e. The van der Waals surface area contributed by atoms with Gasteiger partial charge in [0.1, 0.15) is 0 Å². The molecule has 1 aromatic carbocycles. The number of benzene rings is 1. The molecule has 20 heavy (non-hydrogen) atoms. The van der Waals surface area contributed by atoms with E-state index in [0.717, 1.165) is 29.3 Å². The first kappa shape index (κ1) is 16.0. The lowest BCUT2D eigenvalue weighted by Gasteiger charge is -2.38. The van der Waals surface area contributed by atoms with Gasteiger partial charge in [-0.15, -0.1) is 0 Å². The fraction of sp³-hybridized carbons (Fsp3) is 0.600. The highest BCUT2D eigenvalue weighted by Gasteiger charge is 2.34. The Morgan fingerprint density at radius 3 is 2.40 bits per heavy atom. The minimum Gasteiger partial charge on any atom is -0.207 e. The van der Waals surface area contributed by atoms with Gasteiger partial charge in [0.05, 0.1) is 4.90 Å². The van der Waals surface area contributed by atoms with Crippen LogP contribution in [0.2, 0.25) is 0 Å². The minimum absolute atomic E-state index is 0.293. The van der Waals surface area contributed by atoms with Crippen molar-refractivity contribution in [2.75, 3.05) is 13.1 Å². The van der Waals surface area contributed by atoms with Crippen molar-refractivity contribution in [1.29, 1.82) is 0 Å². The average Bonchev–Trinajstić information content (AvgIpc) is 2.42. The van der Waals surface area contributed by atoms with E-state index in [1.54, 1.807) is 16.4 Å². The lowest BCUT2D eigenvalue weighted by atomic mass is 9.79. The third-order valence-electron chi connectivity index (χ3n) is 4.55. The minimum atomic E-state index is -3.35. The molecule has 0 aromatic heterocycles. The maximum Gasteiger partial charge on any atom is 0.243 e. The number of hydrogen-bond donors (Lipinski definition) is 0. The molecule has 1 heterocycles. The second kappa shape index (κ2) is 5.78. The maximum absolute atomic E-state index is 12.7. The average molecular weight is 360 g/mol. The molecule has 0 atom stereocenters. The van der Waals surface area contributed by atoms with Crippen molar-refractivity contribution in [3.63, 3.8) is 0 Å². The monoisotopic (exact) mass is 359 g/mol. The fourth-order valence-electron chi connectivity index (χ4n) is 2.55. The van der Waals surface area contributed by atoms with Gasteiger partial charge in [-0.1, -0.05) is 36.2 Å². The lowest BCUT2D eigenvalue weighted by molar-refractivity contribution is 0.169. The van der Waals surface area contributed by atoms with Crippen molar-refractivity contribution in [1.82, 2.24) is 4.31 Å². The summed E-state index contributed by atoms with van der Waals surface area (Å²) in [6.07, 6.45) is 2.99. The highest BCUT2D eigenvalue weighted by Crippen LogP contribution is 2.36. The molecule has 0 radical (unpaired) electrons. The van der Waals surface area contributed by atoms with E-state index in [1.165, 1.54) is 0 Å². The number of halogens is 1. The summed E-state index contributed by atoms with van der Waals surface area (Å²) in [7, 11) is -3.35. The van der Waals surface area contributed by atoms with Crippen LogP contribution in [0.3, 0.4) is 0 Å². The first-order valence-electron chi connectivity index (χ1n) is 7.05. The molecule has 0 amide bonds. The molecule has 5 heteroatoms. The first-order chi connectivity index (χ1) is 9.28. The van der Waals surface area contributed by atoms with E-state index < -0.39 is 10.0 Å². The number of piperidine rings is 1. The summed E-state index contributed by atoms with van der Waals surface area (Å²) in [6, 6.07) is 5.23. The number of hydrogen-bond acceptors (Lipinski definition) is 2. The Morgan fingerprint density at radius 2 is 1.90 bits per heavy atom. The molecule has 1 aliphatic heterocycles. The number of rotatable bonds is 3. The molecule has 112 valence electrons. The van der Waals surface area contributed by atoms with Crippen molar-refractivity contribution >= 4 is 26.0 Å². The molecule has 3 nitrogen and oxygen atoms in total. The van der Waals surface area contributed by atoms with Gasteiger partial charge in [-0.3, -0.25) is 0 Å². The van der Waals surface area contributed by atoms with Crippen LogP contribution in [0.1, 0.15) is 38.7 Å². The van der Waals surface area contributed by atoms with Crippen LogP contribution in [0.4, 0.5) is 0 Å². The van der Waals surface area contributed by atoms with Crippen molar-refractivity contribution in [3.8, 4) is 0 Å². The normalized spacial score (nSPS) is 20.0. The van der Waals surface area contributed by atoms with E-state index in [-0.39, 0.29) is 0 Å². The van der Waals surface area contributed by atoms with Crippen LogP contribution in [0.5, 0.6) is 0 Å². The van der Waals surface area contributed by atoms with Crippen LogP contribution in [0.25, 0.3) is 0 Å². The zero-order valence-corrected chi connectivity index (χ0v) is 14.7. The molecule has 1 saturated heterocycles. The summed E-state index contributed by atoms with van der Waals surface area (Å²) in [5, 5.41) is 0. The molecule has 0 bridgehead atoms. The lowest BCUT2D eigenvalue weighted by Crippen LogP contribution is -2.41. The molecule has 0 N–H and O–H groups in total. The molecule has 0 spiro atoms. The zero-order chi connectivity index (χ0) is 15.0. The van der Waals surface area contributed by atoms with E-state index in [9.17, 15) is 8.42 Å². The van der Waals surface area contributed by atoms with Crippen molar-refractivity contribution in [2.24, 2.45) is 5.41 Å². The van der Waals surface area contributed by atoms with Gasteiger partial charge in [0.25, 0.3) is 0 Å². The SMILES string of the molecule is CCC1(C)CCN(S(=O)(=O)c2ccc(Br)c(C)c2)CC1. The number of aryl methyl sites for hydroxylation is 1. The summed E-state index contributed by atoms with van der Waals surface area (Å²) in [6.45, 7) is 7.60. The van der Waals surface area contributed by atoms with Gasteiger partial charge in [-0.25, -0.2) is 8.42 Å². The summed E-state index contributed by atoms with van der Waals surface area (Å²) in [4.78, 5) is 0.401. The Kier molecular flexibility index (Phi) is 4.62. The quantitative estimate of drug-likeness (QED) is 0.818. The summed E-state index contributed by atoms with van der Waals surface area (Å²) in [5.74, 6) is 0. The fourth-order valence-corrected chi connectivity index (χ4v) is 4.32. The van der Waals surface area contributed by atoms with Crippen molar-refractivity contribution in [3.05, 3.63) is 28.2 Å². The van der Waals surface area contributed by atoms with E-state index in [1.807, 2.05) is 13.0 Å². The van der Waals surface area contributed by atoms with E-state index >= 15 is 0 Å². The predicted octanol–water partition coefficient (Wildman–Crippen LogP) is 3.96. The van der Waals surface area contributed by atoms with Crippen LogP contribution in [-0.2, 0) is 10.0 Å². The van der Waals surface area contributed by atoms with Gasteiger partial charge in [-0.2, -0.15) is 4.31 Å². The van der Waals surface area contributed by atoms with Gasteiger partial charge in [0.15, 0.2) is 0 Å². The molecular weight excluding hydrogens is 338 g/mol. The maximum atomic E-state index is 12.7. The van der Waals surface area contributed by atoms with Crippen LogP contribution >= 0.6 is 15.9 Å². The second-order valence-electron chi connectivity index (χ2n) is 5.98. The Morgan fingerprint density at radius 1 is 1.30 bits per heavy atom. The number of nitrogens with zero attached hydrogens (tertiary/aromatic N) is 1. The predicted molar refractivity (Wildman–Crippen MR) is 85.3 cm³/mol. The van der Waals surface area contributed by atoms with Gasteiger partial charge in [0, 0.05) is 17.6 Å². The van der Waals surface area contributed by atoms with Gasteiger partial charge >= 0.3 is 0 Å². The Bertz CT molecular complexity index is 590. The third kappa shape index (κ3) is 3.10. The molecule has 0 aliphatic carbocycles. The van der Waals surface area contributed by atoms with Gasteiger partial charge in [-0.05, 0) is 48.9 Å². The second-order valence-corrected chi connectivity index (χ2v) is 8.77. The molecule has 2 rings (SSSR count). The van der Waals surface area contributed by atoms with Crippen LogP contribution in [-0.4, -0.2) is 25.8 Å². The Labute approximate surface area is 130 Å². The van der Waals surface area contributed by atoms with E-state index in [2.05, 4.69) is 29.8 Å². The van der Waals surface area contributed by atoms with Crippen molar-refractivity contribution in [2.45, 2.75) is 44.9 Å². The van der Waals surface area contributed by atoms with Crippen LogP contribution in [0, 0.1) is 12.3 Å².